The lowest BCUT2D eigenvalue weighted by Gasteiger charge is -2.18. The van der Waals surface area contributed by atoms with Crippen molar-refractivity contribution in [3.05, 3.63) is 52.5 Å². The largest absolute Gasteiger partial charge is 0.372 e. The maximum Gasteiger partial charge on any atom is 0.0598 e. The maximum atomic E-state index is 6.09. The molecule has 1 fully saturated rings. The molecule has 1 heterocycles. The van der Waals surface area contributed by atoms with Crippen molar-refractivity contribution in [1.29, 1.82) is 0 Å². The molecule has 0 aromatic heterocycles. The second kappa shape index (κ2) is 5.44. The highest BCUT2D eigenvalue weighted by Gasteiger charge is 2.12. The van der Waals surface area contributed by atoms with Gasteiger partial charge in [0.05, 0.1) is 10.0 Å². The predicted octanol–water partition coefficient (Wildman–Crippen LogP) is 5.26. The first kappa shape index (κ1) is 12.8. The summed E-state index contributed by atoms with van der Waals surface area (Å²) < 4.78 is 0. The fourth-order valence-corrected chi connectivity index (χ4v) is 2.83. The number of anilines is 1. The number of halogens is 2. The van der Waals surface area contributed by atoms with Gasteiger partial charge < -0.3 is 4.90 Å². The van der Waals surface area contributed by atoms with Gasteiger partial charge in [0.25, 0.3) is 0 Å². The quantitative estimate of drug-likeness (QED) is 0.729. The van der Waals surface area contributed by atoms with Crippen LogP contribution in [0.4, 0.5) is 5.69 Å². The fraction of sp³-hybridized carbons (Fsp3) is 0.250. The van der Waals surface area contributed by atoms with Gasteiger partial charge >= 0.3 is 0 Å². The Kier molecular flexibility index (Phi) is 3.67. The van der Waals surface area contributed by atoms with Crippen molar-refractivity contribution in [2.24, 2.45) is 0 Å². The Morgan fingerprint density at radius 2 is 1.53 bits per heavy atom. The Hall–Kier alpha value is -1.18. The van der Waals surface area contributed by atoms with Gasteiger partial charge in [0.1, 0.15) is 0 Å². The minimum atomic E-state index is 0.598. The van der Waals surface area contributed by atoms with Crippen LogP contribution in [0, 0.1) is 0 Å². The average Bonchev–Trinajstić information content (AvgIpc) is 2.96. The molecule has 1 aliphatic rings. The van der Waals surface area contributed by atoms with Crippen LogP contribution in [0.25, 0.3) is 11.1 Å². The van der Waals surface area contributed by atoms with Crippen LogP contribution in [0.2, 0.25) is 10.0 Å². The summed E-state index contributed by atoms with van der Waals surface area (Å²) in [6.07, 6.45) is 2.58. The highest BCUT2D eigenvalue weighted by molar-refractivity contribution is 6.42. The van der Waals surface area contributed by atoms with E-state index in [-0.39, 0.29) is 0 Å². The van der Waals surface area contributed by atoms with Gasteiger partial charge in [0, 0.05) is 18.8 Å². The van der Waals surface area contributed by atoms with Crippen LogP contribution in [0.5, 0.6) is 0 Å². The zero-order chi connectivity index (χ0) is 13.2. The molecule has 0 aliphatic carbocycles. The Morgan fingerprint density at radius 1 is 0.789 bits per heavy atom. The van der Waals surface area contributed by atoms with E-state index in [4.69, 9.17) is 23.2 Å². The van der Waals surface area contributed by atoms with Crippen molar-refractivity contribution in [3.63, 3.8) is 0 Å². The lowest BCUT2D eigenvalue weighted by molar-refractivity contribution is 0.949. The Bertz CT molecular complexity index is 589. The molecule has 2 aromatic rings. The van der Waals surface area contributed by atoms with Crippen molar-refractivity contribution in [1.82, 2.24) is 0 Å². The molecule has 0 spiro atoms. The Morgan fingerprint density at radius 3 is 2.26 bits per heavy atom. The van der Waals surface area contributed by atoms with E-state index in [9.17, 15) is 0 Å². The minimum Gasteiger partial charge on any atom is -0.372 e. The molecule has 0 unspecified atom stereocenters. The first-order valence-electron chi connectivity index (χ1n) is 6.54. The third kappa shape index (κ3) is 2.72. The smallest absolute Gasteiger partial charge is 0.0598 e. The van der Waals surface area contributed by atoms with Crippen LogP contribution >= 0.6 is 23.2 Å². The van der Waals surface area contributed by atoms with Gasteiger partial charge in [-0.2, -0.15) is 0 Å². The van der Waals surface area contributed by atoms with E-state index in [1.165, 1.54) is 24.1 Å². The molecule has 0 saturated carbocycles. The second-order valence-electron chi connectivity index (χ2n) is 4.87. The topological polar surface area (TPSA) is 3.24 Å². The lowest BCUT2D eigenvalue weighted by atomic mass is 10.0. The molecule has 0 amide bonds. The SMILES string of the molecule is Clc1ccc(-c2cccc(N3CCCC3)c2)cc1Cl. The van der Waals surface area contributed by atoms with Crippen LogP contribution in [0.3, 0.4) is 0 Å². The van der Waals surface area contributed by atoms with Crippen LogP contribution in [-0.2, 0) is 0 Å². The lowest BCUT2D eigenvalue weighted by Crippen LogP contribution is -2.17. The van der Waals surface area contributed by atoms with E-state index in [2.05, 4.69) is 29.2 Å². The zero-order valence-corrected chi connectivity index (χ0v) is 12.1. The van der Waals surface area contributed by atoms with Crippen molar-refractivity contribution >= 4 is 28.9 Å². The average molecular weight is 292 g/mol. The Labute approximate surface area is 123 Å². The molecule has 2 aromatic carbocycles. The molecule has 98 valence electrons. The number of hydrogen-bond donors (Lipinski definition) is 0. The van der Waals surface area contributed by atoms with Crippen molar-refractivity contribution in [3.8, 4) is 11.1 Å². The van der Waals surface area contributed by atoms with Gasteiger partial charge in [0.2, 0.25) is 0 Å². The third-order valence-electron chi connectivity index (χ3n) is 3.57. The number of nitrogens with zero attached hydrogens (tertiary/aromatic N) is 1. The summed E-state index contributed by atoms with van der Waals surface area (Å²) >= 11 is 12.1. The number of rotatable bonds is 2. The highest BCUT2D eigenvalue weighted by atomic mass is 35.5. The molecule has 1 nitrogen and oxygen atoms in total. The second-order valence-corrected chi connectivity index (χ2v) is 5.69. The Balaban J connectivity index is 1.95. The predicted molar refractivity (Wildman–Crippen MR) is 83.3 cm³/mol. The standard InChI is InChI=1S/C16H15Cl2N/c17-15-7-6-13(11-16(15)18)12-4-3-5-14(10-12)19-8-1-2-9-19/h3-7,10-11H,1-2,8-9H2. The summed E-state index contributed by atoms with van der Waals surface area (Å²) in [6, 6.07) is 14.4. The zero-order valence-electron chi connectivity index (χ0n) is 10.6. The van der Waals surface area contributed by atoms with E-state index in [0.29, 0.717) is 10.0 Å². The molecule has 19 heavy (non-hydrogen) atoms. The summed E-state index contributed by atoms with van der Waals surface area (Å²) in [6.45, 7) is 2.32. The number of hydrogen-bond acceptors (Lipinski definition) is 1. The van der Waals surface area contributed by atoms with Gasteiger partial charge in [-0.3, -0.25) is 0 Å². The van der Waals surface area contributed by atoms with Crippen LogP contribution < -0.4 is 4.90 Å². The van der Waals surface area contributed by atoms with E-state index in [1.807, 2.05) is 18.2 Å². The highest BCUT2D eigenvalue weighted by Crippen LogP contribution is 2.31. The van der Waals surface area contributed by atoms with E-state index in [1.54, 1.807) is 0 Å². The van der Waals surface area contributed by atoms with E-state index >= 15 is 0 Å². The molecule has 0 N–H and O–H groups in total. The van der Waals surface area contributed by atoms with Gasteiger partial charge in [-0.05, 0) is 48.2 Å². The molecule has 0 bridgehead atoms. The summed E-state index contributed by atoms with van der Waals surface area (Å²) in [4.78, 5) is 2.43. The third-order valence-corrected chi connectivity index (χ3v) is 4.31. The van der Waals surface area contributed by atoms with Crippen LogP contribution in [0.15, 0.2) is 42.5 Å². The molecule has 1 aliphatic heterocycles. The first-order valence-corrected chi connectivity index (χ1v) is 7.30. The molecule has 1 saturated heterocycles. The monoisotopic (exact) mass is 291 g/mol. The minimum absolute atomic E-state index is 0.598. The molecular formula is C16H15Cl2N. The first-order chi connectivity index (χ1) is 9.24. The van der Waals surface area contributed by atoms with Gasteiger partial charge in [-0.1, -0.05) is 41.4 Å². The van der Waals surface area contributed by atoms with Crippen LogP contribution in [0.1, 0.15) is 12.8 Å². The molecular weight excluding hydrogens is 277 g/mol. The van der Waals surface area contributed by atoms with Gasteiger partial charge in [-0.15, -0.1) is 0 Å². The summed E-state index contributed by atoms with van der Waals surface area (Å²) in [5, 5.41) is 1.20. The van der Waals surface area contributed by atoms with E-state index in [0.717, 1.165) is 18.7 Å². The van der Waals surface area contributed by atoms with Gasteiger partial charge in [-0.25, -0.2) is 0 Å². The molecule has 0 atom stereocenters. The van der Waals surface area contributed by atoms with Crippen molar-refractivity contribution in [2.45, 2.75) is 12.8 Å². The molecule has 3 heteroatoms. The normalized spacial score (nSPS) is 14.9. The summed E-state index contributed by atoms with van der Waals surface area (Å²) in [5.74, 6) is 0. The molecule has 0 radical (unpaired) electrons. The molecule has 3 rings (SSSR count). The van der Waals surface area contributed by atoms with Gasteiger partial charge in [0.15, 0.2) is 0 Å². The van der Waals surface area contributed by atoms with E-state index < -0.39 is 0 Å². The van der Waals surface area contributed by atoms with Crippen molar-refractivity contribution in [2.75, 3.05) is 18.0 Å². The summed E-state index contributed by atoms with van der Waals surface area (Å²) in [5.41, 5.74) is 3.58. The summed E-state index contributed by atoms with van der Waals surface area (Å²) in [7, 11) is 0. The van der Waals surface area contributed by atoms with Crippen molar-refractivity contribution < 1.29 is 0 Å². The van der Waals surface area contributed by atoms with Crippen LogP contribution in [-0.4, -0.2) is 13.1 Å². The fourth-order valence-electron chi connectivity index (χ4n) is 2.53. The number of benzene rings is 2. The maximum absolute atomic E-state index is 6.09.